The standard InChI is InChI=1S/C24H24BrN3O2/c1-23(2,3)15-6-8-16(9-7-15)24(4,5)22-27-20(28-30-22)18-13-14-12-17(25)10-11-19(14)26-21(18)29/h6-13H,1-5H3,(H,26,29). The van der Waals surface area contributed by atoms with Gasteiger partial charge in [0.15, 0.2) is 0 Å². The highest BCUT2D eigenvalue weighted by molar-refractivity contribution is 9.10. The van der Waals surface area contributed by atoms with E-state index in [2.05, 4.69) is 76.1 Å². The Hall–Kier alpha value is -2.73. The third kappa shape index (κ3) is 3.72. The highest BCUT2D eigenvalue weighted by Gasteiger charge is 2.31. The molecule has 0 aliphatic heterocycles. The first kappa shape index (κ1) is 20.5. The Kier molecular flexibility index (Phi) is 4.93. The van der Waals surface area contributed by atoms with Crippen molar-refractivity contribution in [3.05, 3.63) is 80.4 Å². The van der Waals surface area contributed by atoms with Crippen molar-refractivity contribution in [1.82, 2.24) is 15.1 Å². The summed E-state index contributed by atoms with van der Waals surface area (Å²) in [5.74, 6) is 0.752. The Morgan fingerprint density at radius 2 is 1.60 bits per heavy atom. The van der Waals surface area contributed by atoms with E-state index in [0.29, 0.717) is 11.5 Å². The summed E-state index contributed by atoms with van der Waals surface area (Å²) in [6, 6.07) is 16.0. The Morgan fingerprint density at radius 3 is 2.27 bits per heavy atom. The van der Waals surface area contributed by atoms with Crippen LogP contribution in [-0.2, 0) is 10.8 Å². The lowest BCUT2D eigenvalue weighted by Crippen LogP contribution is -2.20. The van der Waals surface area contributed by atoms with Crippen molar-refractivity contribution in [3.63, 3.8) is 0 Å². The quantitative estimate of drug-likeness (QED) is 0.404. The molecule has 0 saturated carbocycles. The summed E-state index contributed by atoms with van der Waals surface area (Å²) in [7, 11) is 0. The minimum Gasteiger partial charge on any atom is -0.338 e. The normalized spacial score (nSPS) is 12.5. The molecule has 0 atom stereocenters. The molecule has 0 saturated heterocycles. The molecule has 0 aliphatic carbocycles. The molecule has 2 aromatic carbocycles. The van der Waals surface area contributed by atoms with Crippen LogP contribution in [0.3, 0.4) is 0 Å². The van der Waals surface area contributed by atoms with Gasteiger partial charge >= 0.3 is 0 Å². The van der Waals surface area contributed by atoms with Gasteiger partial charge in [0, 0.05) is 15.4 Å². The molecule has 1 N–H and O–H groups in total. The van der Waals surface area contributed by atoms with Crippen LogP contribution in [0.15, 0.2) is 62.3 Å². The van der Waals surface area contributed by atoms with Crippen molar-refractivity contribution in [3.8, 4) is 11.4 Å². The average Bonchev–Trinajstić information content (AvgIpc) is 3.18. The van der Waals surface area contributed by atoms with E-state index in [1.807, 2.05) is 32.0 Å². The number of nitrogens with one attached hydrogen (secondary N) is 1. The van der Waals surface area contributed by atoms with E-state index in [0.717, 1.165) is 20.9 Å². The summed E-state index contributed by atoms with van der Waals surface area (Å²) in [6.45, 7) is 10.7. The molecule has 0 amide bonds. The molecular formula is C24H24BrN3O2. The highest BCUT2D eigenvalue weighted by Crippen LogP contribution is 2.33. The highest BCUT2D eigenvalue weighted by atomic mass is 79.9. The minimum atomic E-state index is -0.492. The van der Waals surface area contributed by atoms with E-state index in [4.69, 9.17) is 4.52 Å². The molecule has 0 spiro atoms. The van der Waals surface area contributed by atoms with Crippen molar-refractivity contribution in [2.45, 2.75) is 45.4 Å². The fourth-order valence-corrected chi connectivity index (χ4v) is 3.82. The molecule has 4 rings (SSSR count). The zero-order valence-corrected chi connectivity index (χ0v) is 19.3. The first-order valence-electron chi connectivity index (χ1n) is 9.84. The minimum absolute atomic E-state index is 0.0897. The largest absolute Gasteiger partial charge is 0.338 e. The molecule has 0 aliphatic rings. The van der Waals surface area contributed by atoms with Crippen LogP contribution >= 0.6 is 15.9 Å². The lowest BCUT2D eigenvalue weighted by atomic mass is 9.81. The smallest absolute Gasteiger partial charge is 0.259 e. The van der Waals surface area contributed by atoms with Gasteiger partial charge < -0.3 is 9.51 Å². The van der Waals surface area contributed by atoms with Crippen LogP contribution in [0.1, 0.15) is 51.6 Å². The van der Waals surface area contributed by atoms with Crippen LogP contribution in [0, 0.1) is 0 Å². The summed E-state index contributed by atoms with van der Waals surface area (Å²) >= 11 is 3.46. The summed E-state index contributed by atoms with van der Waals surface area (Å²) in [5, 5.41) is 5.00. The molecule has 0 unspecified atom stereocenters. The van der Waals surface area contributed by atoms with Crippen LogP contribution in [0.5, 0.6) is 0 Å². The van der Waals surface area contributed by atoms with Gasteiger partial charge in [-0.1, -0.05) is 66.1 Å². The van der Waals surface area contributed by atoms with E-state index < -0.39 is 5.41 Å². The second-order valence-corrected chi connectivity index (χ2v) is 10.0. The fraction of sp³-hybridized carbons (Fsp3) is 0.292. The van der Waals surface area contributed by atoms with Crippen LogP contribution in [0.25, 0.3) is 22.3 Å². The van der Waals surface area contributed by atoms with Crippen molar-refractivity contribution >= 4 is 26.8 Å². The fourth-order valence-electron chi connectivity index (χ4n) is 3.44. The first-order valence-corrected chi connectivity index (χ1v) is 10.6. The van der Waals surface area contributed by atoms with Gasteiger partial charge in [-0.05, 0) is 54.7 Å². The monoisotopic (exact) mass is 465 g/mol. The van der Waals surface area contributed by atoms with E-state index >= 15 is 0 Å². The molecule has 30 heavy (non-hydrogen) atoms. The molecule has 6 heteroatoms. The summed E-state index contributed by atoms with van der Waals surface area (Å²) in [4.78, 5) is 20.1. The van der Waals surface area contributed by atoms with Crippen molar-refractivity contribution in [2.75, 3.05) is 0 Å². The van der Waals surface area contributed by atoms with Crippen LogP contribution in [0.2, 0.25) is 0 Å². The summed E-state index contributed by atoms with van der Waals surface area (Å²) < 4.78 is 6.54. The molecular weight excluding hydrogens is 442 g/mol. The van der Waals surface area contributed by atoms with Gasteiger partial charge in [-0.15, -0.1) is 0 Å². The van der Waals surface area contributed by atoms with E-state index in [9.17, 15) is 4.79 Å². The van der Waals surface area contributed by atoms with Crippen LogP contribution < -0.4 is 5.56 Å². The van der Waals surface area contributed by atoms with Gasteiger partial charge in [0.2, 0.25) is 11.7 Å². The zero-order chi connectivity index (χ0) is 21.7. The van der Waals surface area contributed by atoms with Gasteiger partial charge in [-0.3, -0.25) is 4.79 Å². The molecule has 5 nitrogen and oxygen atoms in total. The second-order valence-electron chi connectivity index (χ2n) is 9.12. The topological polar surface area (TPSA) is 71.8 Å². The molecule has 2 aromatic heterocycles. The van der Waals surface area contributed by atoms with Gasteiger partial charge in [0.25, 0.3) is 5.56 Å². The van der Waals surface area contributed by atoms with E-state index in [1.54, 1.807) is 6.07 Å². The number of pyridine rings is 1. The zero-order valence-electron chi connectivity index (χ0n) is 17.7. The number of H-pyrrole nitrogens is 1. The number of nitrogens with zero attached hydrogens (tertiary/aromatic N) is 2. The second kappa shape index (κ2) is 7.20. The van der Waals surface area contributed by atoms with E-state index in [1.165, 1.54) is 5.56 Å². The molecule has 0 fully saturated rings. The maximum absolute atomic E-state index is 12.6. The average molecular weight is 466 g/mol. The summed E-state index contributed by atoms with van der Waals surface area (Å²) in [5.41, 5.74) is 2.83. The number of benzene rings is 2. The van der Waals surface area contributed by atoms with Crippen LogP contribution in [-0.4, -0.2) is 15.1 Å². The Labute approximate surface area is 183 Å². The van der Waals surface area contributed by atoms with Crippen molar-refractivity contribution < 1.29 is 4.52 Å². The van der Waals surface area contributed by atoms with Crippen molar-refractivity contribution in [2.24, 2.45) is 0 Å². The van der Waals surface area contributed by atoms with Gasteiger partial charge in [-0.2, -0.15) is 4.98 Å². The SMILES string of the molecule is CC(C)(C)c1ccc(C(C)(C)c2nc(-c3cc4cc(Br)ccc4[nH]c3=O)no2)cc1. The molecule has 0 bridgehead atoms. The maximum atomic E-state index is 12.6. The number of aromatic nitrogens is 3. The third-order valence-corrected chi connectivity index (χ3v) is 5.97. The number of hydrogen-bond acceptors (Lipinski definition) is 4. The maximum Gasteiger partial charge on any atom is 0.259 e. The lowest BCUT2D eigenvalue weighted by molar-refractivity contribution is 0.333. The number of rotatable bonds is 3. The predicted octanol–water partition coefficient (Wildman–Crippen LogP) is 5.96. The number of fused-ring (bicyclic) bond motifs is 1. The number of halogens is 1. The van der Waals surface area contributed by atoms with E-state index in [-0.39, 0.29) is 16.8 Å². The van der Waals surface area contributed by atoms with Crippen molar-refractivity contribution in [1.29, 1.82) is 0 Å². The molecule has 2 heterocycles. The number of hydrogen-bond donors (Lipinski definition) is 1. The molecule has 154 valence electrons. The third-order valence-electron chi connectivity index (χ3n) is 5.48. The molecule has 0 radical (unpaired) electrons. The predicted molar refractivity (Wildman–Crippen MR) is 123 cm³/mol. The Balaban J connectivity index is 1.72. The van der Waals surface area contributed by atoms with Gasteiger partial charge in [0.1, 0.15) is 0 Å². The Bertz CT molecular complexity index is 1280. The van der Waals surface area contributed by atoms with Gasteiger partial charge in [-0.25, -0.2) is 0 Å². The number of aromatic amines is 1. The van der Waals surface area contributed by atoms with Crippen LogP contribution in [0.4, 0.5) is 0 Å². The lowest BCUT2D eigenvalue weighted by Gasteiger charge is -2.23. The summed E-state index contributed by atoms with van der Waals surface area (Å²) in [6.07, 6.45) is 0. The Morgan fingerprint density at radius 1 is 0.933 bits per heavy atom. The first-order chi connectivity index (χ1) is 14.1. The van der Waals surface area contributed by atoms with Gasteiger partial charge in [0.05, 0.1) is 11.0 Å². The molecule has 4 aromatic rings.